The van der Waals surface area contributed by atoms with Crippen molar-refractivity contribution in [1.82, 2.24) is 14.9 Å². The summed E-state index contributed by atoms with van der Waals surface area (Å²) < 4.78 is 5.03. The molecule has 0 radical (unpaired) electrons. The molecule has 1 aliphatic rings. The molecule has 0 saturated heterocycles. The number of pyridine rings is 2. The molecule has 0 atom stereocenters. The highest BCUT2D eigenvalue weighted by atomic mass is 16.5. The van der Waals surface area contributed by atoms with Crippen LogP contribution in [-0.2, 0) is 22.5 Å². The summed E-state index contributed by atoms with van der Waals surface area (Å²) in [6, 6.07) is 5.07. The number of nitrogens with one attached hydrogen (secondary N) is 2. The molecule has 3 amide bonds. The van der Waals surface area contributed by atoms with E-state index in [2.05, 4.69) is 26.7 Å². The van der Waals surface area contributed by atoms with Gasteiger partial charge in [0.25, 0.3) is 0 Å². The first kappa shape index (κ1) is 26.6. The Morgan fingerprint density at radius 2 is 2.14 bits per heavy atom. The van der Waals surface area contributed by atoms with Crippen molar-refractivity contribution in [3.8, 4) is 6.07 Å². The van der Waals surface area contributed by atoms with Gasteiger partial charge in [-0.2, -0.15) is 5.26 Å². The van der Waals surface area contributed by atoms with Crippen molar-refractivity contribution in [3.63, 3.8) is 0 Å². The highest BCUT2D eigenvalue weighted by Gasteiger charge is 2.27. The molecular weight excluding hydrogens is 462 g/mol. The Hall–Kier alpha value is -4.04. The van der Waals surface area contributed by atoms with Crippen LogP contribution >= 0.6 is 0 Å². The van der Waals surface area contributed by atoms with Gasteiger partial charge in [0.1, 0.15) is 23.4 Å². The summed E-state index contributed by atoms with van der Waals surface area (Å²) in [7, 11) is 3.27. The summed E-state index contributed by atoms with van der Waals surface area (Å²) >= 11 is 0. The fraction of sp³-hybridized carbons (Fsp3) is 0.440. The maximum absolute atomic E-state index is 13.2. The number of hydrogen-bond donors (Lipinski definition) is 2. The van der Waals surface area contributed by atoms with Crippen LogP contribution in [0.1, 0.15) is 47.4 Å². The van der Waals surface area contributed by atoms with E-state index in [-0.39, 0.29) is 29.9 Å². The summed E-state index contributed by atoms with van der Waals surface area (Å²) in [4.78, 5) is 49.0. The van der Waals surface area contributed by atoms with Crippen LogP contribution in [0.25, 0.3) is 0 Å². The molecule has 1 aliphatic heterocycles. The van der Waals surface area contributed by atoms with Crippen LogP contribution in [0.3, 0.4) is 0 Å². The van der Waals surface area contributed by atoms with E-state index in [0.29, 0.717) is 61.5 Å². The Bertz CT molecular complexity index is 1180. The normalized spacial score (nSPS) is 12.5. The highest BCUT2D eigenvalue weighted by molar-refractivity contribution is 6.01. The van der Waals surface area contributed by atoms with Crippen LogP contribution in [0.2, 0.25) is 0 Å². The number of urea groups is 1. The van der Waals surface area contributed by atoms with Gasteiger partial charge >= 0.3 is 6.03 Å². The highest BCUT2D eigenvalue weighted by Crippen LogP contribution is 2.28. The van der Waals surface area contributed by atoms with Gasteiger partial charge in [-0.15, -0.1) is 0 Å². The Morgan fingerprint density at radius 1 is 1.36 bits per heavy atom. The van der Waals surface area contributed by atoms with Crippen LogP contribution in [0.5, 0.6) is 0 Å². The minimum absolute atomic E-state index is 0.0310. The number of nitrogens with zero attached hydrogens (tertiary/aromatic N) is 5. The lowest BCUT2D eigenvalue weighted by Gasteiger charge is -2.29. The molecule has 0 fully saturated rings. The molecule has 0 aliphatic carbocycles. The molecule has 0 spiro atoms. The number of amides is 3. The fourth-order valence-electron chi connectivity index (χ4n) is 3.98. The van der Waals surface area contributed by atoms with E-state index < -0.39 is 6.03 Å². The quantitative estimate of drug-likeness (QED) is 0.401. The second kappa shape index (κ2) is 12.1. The fourth-order valence-corrected chi connectivity index (χ4v) is 3.98. The number of aryl methyl sites for hydroxylation is 1. The molecule has 2 aromatic heterocycles. The molecule has 0 bridgehead atoms. The van der Waals surface area contributed by atoms with Crippen molar-refractivity contribution in [2.45, 2.75) is 33.2 Å². The largest absolute Gasteiger partial charge is 0.383 e. The molecule has 11 heteroatoms. The number of ether oxygens (including phenoxy) is 1. The van der Waals surface area contributed by atoms with E-state index in [1.54, 1.807) is 25.1 Å². The zero-order chi connectivity index (χ0) is 26.2. The Morgan fingerprint density at radius 3 is 2.81 bits per heavy atom. The number of anilines is 3. The average molecular weight is 494 g/mol. The minimum Gasteiger partial charge on any atom is -0.383 e. The third-order valence-electron chi connectivity index (χ3n) is 5.79. The SMILES string of the molecule is COCCNc1cc(NC(=O)N2CCCc3cc(CN(C)C(=O)C(C)C)c(C=O)nc32)ncc1C#N. The lowest BCUT2D eigenvalue weighted by Crippen LogP contribution is -2.40. The van der Waals surface area contributed by atoms with Crippen molar-refractivity contribution in [3.05, 3.63) is 40.7 Å². The van der Waals surface area contributed by atoms with E-state index >= 15 is 0 Å². The molecule has 0 unspecified atom stereocenters. The maximum Gasteiger partial charge on any atom is 0.328 e. The van der Waals surface area contributed by atoms with Crippen molar-refractivity contribution in [1.29, 1.82) is 5.26 Å². The number of methoxy groups -OCH3 is 1. The van der Waals surface area contributed by atoms with Gasteiger partial charge in [0.05, 0.1) is 17.9 Å². The summed E-state index contributed by atoms with van der Waals surface area (Å²) in [5.41, 5.74) is 2.54. The van der Waals surface area contributed by atoms with Crippen molar-refractivity contribution < 1.29 is 19.1 Å². The molecule has 3 rings (SSSR count). The number of aldehydes is 1. The number of nitriles is 1. The number of hydrogen-bond acceptors (Lipinski definition) is 8. The van der Waals surface area contributed by atoms with Gasteiger partial charge in [-0.3, -0.25) is 19.8 Å². The van der Waals surface area contributed by atoms with E-state index in [1.807, 2.05) is 19.9 Å². The number of carbonyl (C=O) groups excluding carboxylic acids is 3. The molecular formula is C25H31N7O4. The van der Waals surface area contributed by atoms with Gasteiger partial charge in [-0.25, -0.2) is 14.8 Å². The van der Waals surface area contributed by atoms with Crippen LogP contribution in [0, 0.1) is 17.2 Å². The summed E-state index contributed by atoms with van der Waals surface area (Å²) in [6.45, 7) is 5.26. The maximum atomic E-state index is 13.2. The number of carbonyl (C=O) groups is 3. The van der Waals surface area contributed by atoms with Crippen LogP contribution in [0.4, 0.5) is 22.1 Å². The second-order valence-corrected chi connectivity index (χ2v) is 8.81. The zero-order valence-electron chi connectivity index (χ0n) is 21.0. The van der Waals surface area contributed by atoms with E-state index in [4.69, 9.17) is 4.74 Å². The molecule has 2 N–H and O–H groups in total. The van der Waals surface area contributed by atoms with Crippen molar-refractivity contribution >= 4 is 35.5 Å². The summed E-state index contributed by atoms with van der Waals surface area (Å²) in [5.74, 6) is 0.490. The van der Waals surface area contributed by atoms with Gasteiger partial charge < -0.3 is 15.0 Å². The standard InChI is InChI=1S/C25H31N7O4/c1-16(2)24(34)31(3)14-18-10-17-6-5-8-32(23(17)29-21(18)15-33)25(35)30-22-11-20(27-7-9-36-4)19(12-26)13-28-22/h10-11,13,15-16H,5-9,14H2,1-4H3,(H2,27,28,30,35). The van der Waals surface area contributed by atoms with E-state index in [1.165, 1.54) is 11.1 Å². The Kier molecular flexibility index (Phi) is 8.91. The molecule has 36 heavy (non-hydrogen) atoms. The zero-order valence-corrected chi connectivity index (χ0v) is 21.0. The summed E-state index contributed by atoms with van der Waals surface area (Å²) in [6.07, 6.45) is 3.45. The lowest BCUT2D eigenvalue weighted by atomic mass is 10.0. The monoisotopic (exact) mass is 493 g/mol. The van der Waals surface area contributed by atoms with Crippen LogP contribution < -0.4 is 15.5 Å². The molecule has 3 heterocycles. The third kappa shape index (κ3) is 6.14. The lowest BCUT2D eigenvalue weighted by molar-refractivity contribution is -0.133. The number of aromatic nitrogens is 2. The van der Waals surface area contributed by atoms with Crippen molar-refractivity contribution in [2.75, 3.05) is 49.4 Å². The first-order valence-electron chi connectivity index (χ1n) is 11.7. The predicted octanol–water partition coefficient (Wildman–Crippen LogP) is 2.82. The van der Waals surface area contributed by atoms with Crippen LogP contribution in [0.15, 0.2) is 18.3 Å². The Balaban J connectivity index is 1.83. The second-order valence-electron chi connectivity index (χ2n) is 8.81. The number of fused-ring (bicyclic) bond motifs is 1. The van der Waals surface area contributed by atoms with Crippen molar-refractivity contribution in [2.24, 2.45) is 5.92 Å². The third-order valence-corrected chi connectivity index (χ3v) is 5.79. The molecule has 190 valence electrons. The van der Waals surface area contributed by atoms with E-state index in [9.17, 15) is 19.6 Å². The van der Waals surface area contributed by atoms with E-state index in [0.717, 1.165) is 5.56 Å². The Labute approximate surface area is 210 Å². The first-order chi connectivity index (χ1) is 17.3. The first-order valence-corrected chi connectivity index (χ1v) is 11.7. The minimum atomic E-state index is -0.444. The van der Waals surface area contributed by atoms with Gasteiger partial charge in [-0.1, -0.05) is 13.8 Å². The van der Waals surface area contributed by atoms with Crippen LogP contribution in [-0.4, -0.2) is 66.9 Å². The van der Waals surface area contributed by atoms with Gasteiger partial charge in [0.2, 0.25) is 5.91 Å². The number of rotatable bonds is 9. The van der Waals surface area contributed by atoms with Gasteiger partial charge in [0.15, 0.2) is 6.29 Å². The summed E-state index contributed by atoms with van der Waals surface area (Å²) in [5, 5.41) is 15.2. The molecule has 0 aromatic carbocycles. The predicted molar refractivity (Wildman–Crippen MR) is 135 cm³/mol. The van der Waals surface area contributed by atoms with Gasteiger partial charge in [-0.05, 0) is 24.5 Å². The molecule has 11 nitrogen and oxygen atoms in total. The molecule has 2 aromatic rings. The van der Waals surface area contributed by atoms with Gasteiger partial charge in [0, 0.05) is 57.5 Å². The smallest absolute Gasteiger partial charge is 0.328 e. The topological polar surface area (TPSA) is 141 Å². The molecule has 0 saturated carbocycles. The average Bonchev–Trinajstić information content (AvgIpc) is 2.87.